The molecule has 3 nitrogen and oxygen atoms in total. The molecule has 1 atom stereocenters. The first kappa shape index (κ1) is 14.8. The van der Waals surface area contributed by atoms with Crippen molar-refractivity contribution in [1.29, 1.82) is 0 Å². The first-order valence-corrected chi connectivity index (χ1v) is 6.68. The first-order valence-electron chi connectivity index (χ1n) is 6.31. The van der Waals surface area contributed by atoms with E-state index in [0.717, 1.165) is 24.3 Å². The van der Waals surface area contributed by atoms with Gasteiger partial charge in [-0.05, 0) is 45.4 Å². The lowest BCUT2D eigenvalue weighted by molar-refractivity contribution is -0.131. The fourth-order valence-electron chi connectivity index (χ4n) is 1.80. The van der Waals surface area contributed by atoms with Crippen molar-refractivity contribution in [3.63, 3.8) is 0 Å². The van der Waals surface area contributed by atoms with Crippen molar-refractivity contribution in [1.82, 2.24) is 4.90 Å². The number of hydrogen-bond acceptors (Lipinski definition) is 2. The molecule has 18 heavy (non-hydrogen) atoms. The molecule has 0 bridgehead atoms. The molecule has 0 saturated carbocycles. The van der Waals surface area contributed by atoms with Gasteiger partial charge in [-0.3, -0.25) is 4.79 Å². The van der Waals surface area contributed by atoms with Crippen LogP contribution in [0, 0.1) is 6.92 Å². The summed E-state index contributed by atoms with van der Waals surface area (Å²) in [6.45, 7) is 9.25. The van der Waals surface area contributed by atoms with Gasteiger partial charge < -0.3 is 10.2 Å². The predicted molar refractivity (Wildman–Crippen MR) is 77.2 cm³/mol. The third-order valence-electron chi connectivity index (χ3n) is 3.00. The average molecular weight is 269 g/mol. The second-order valence-electron chi connectivity index (χ2n) is 4.34. The number of nitrogens with zero attached hydrogens (tertiary/aromatic N) is 1. The van der Waals surface area contributed by atoms with Crippen molar-refractivity contribution in [2.24, 2.45) is 0 Å². The van der Waals surface area contributed by atoms with Gasteiger partial charge >= 0.3 is 0 Å². The third-order valence-corrected chi connectivity index (χ3v) is 3.41. The van der Waals surface area contributed by atoms with E-state index in [9.17, 15) is 4.79 Å². The Balaban J connectivity index is 2.71. The van der Waals surface area contributed by atoms with Gasteiger partial charge in [0, 0.05) is 23.8 Å². The molecule has 0 saturated heterocycles. The molecule has 1 amide bonds. The van der Waals surface area contributed by atoms with Crippen LogP contribution in [-0.4, -0.2) is 29.9 Å². The van der Waals surface area contributed by atoms with E-state index in [1.165, 1.54) is 0 Å². The highest BCUT2D eigenvalue weighted by Crippen LogP contribution is 2.20. The minimum atomic E-state index is -0.247. The summed E-state index contributed by atoms with van der Waals surface area (Å²) in [4.78, 5) is 13.9. The summed E-state index contributed by atoms with van der Waals surface area (Å²) in [7, 11) is 0. The lowest BCUT2D eigenvalue weighted by Gasteiger charge is -2.24. The molecule has 0 aliphatic rings. The molecule has 1 aromatic carbocycles. The van der Waals surface area contributed by atoms with E-state index >= 15 is 0 Å². The van der Waals surface area contributed by atoms with Crippen LogP contribution in [0.4, 0.5) is 5.69 Å². The van der Waals surface area contributed by atoms with Crippen LogP contribution >= 0.6 is 11.6 Å². The predicted octanol–water partition coefficient (Wildman–Crippen LogP) is 3.32. The monoisotopic (exact) mass is 268 g/mol. The molecule has 1 aromatic rings. The second-order valence-corrected chi connectivity index (χ2v) is 4.75. The Bertz CT molecular complexity index is 416. The number of benzene rings is 1. The lowest BCUT2D eigenvalue weighted by Crippen LogP contribution is -2.41. The minimum Gasteiger partial charge on any atom is -0.374 e. The van der Waals surface area contributed by atoms with E-state index in [1.807, 2.05) is 50.8 Å². The molecule has 0 radical (unpaired) electrons. The molecule has 0 fully saturated rings. The second kappa shape index (κ2) is 6.64. The summed E-state index contributed by atoms with van der Waals surface area (Å²) in [6, 6.07) is 5.48. The molecule has 1 unspecified atom stereocenters. The maximum atomic E-state index is 12.1. The van der Waals surface area contributed by atoms with Gasteiger partial charge in [-0.15, -0.1) is 0 Å². The maximum Gasteiger partial charge on any atom is 0.244 e. The molecular weight excluding hydrogens is 248 g/mol. The van der Waals surface area contributed by atoms with Gasteiger partial charge in [-0.2, -0.15) is 0 Å². The number of aryl methyl sites for hydroxylation is 1. The van der Waals surface area contributed by atoms with Gasteiger partial charge in [0.2, 0.25) is 5.91 Å². The SMILES string of the molecule is CCN(CC)C(=O)C(C)Nc1ccc(C)c(Cl)c1. The topological polar surface area (TPSA) is 32.3 Å². The summed E-state index contributed by atoms with van der Waals surface area (Å²) in [5, 5.41) is 3.89. The highest BCUT2D eigenvalue weighted by molar-refractivity contribution is 6.31. The fraction of sp³-hybridized carbons (Fsp3) is 0.500. The number of rotatable bonds is 5. The maximum absolute atomic E-state index is 12.1. The van der Waals surface area contributed by atoms with Crippen LogP contribution in [0.25, 0.3) is 0 Å². The van der Waals surface area contributed by atoms with Crippen LogP contribution in [0.15, 0.2) is 18.2 Å². The number of likely N-dealkylation sites (N-methyl/N-ethyl adjacent to an activating group) is 1. The number of anilines is 1. The van der Waals surface area contributed by atoms with Crippen molar-refractivity contribution in [3.8, 4) is 0 Å². The van der Waals surface area contributed by atoms with Gasteiger partial charge in [-0.25, -0.2) is 0 Å². The van der Waals surface area contributed by atoms with Crippen molar-refractivity contribution in [3.05, 3.63) is 28.8 Å². The first-order chi connectivity index (χ1) is 8.49. The molecule has 1 N–H and O–H groups in total. The van der Waals surface area contributed by atoms with Crippen molar-refractivity contribution < 1.29 is 4.79 Å². The molecule has 0 heterocycles. The van der Waals surface area contributed by atoms with Crippen LogP contribution < -0.4 is 5.32 Å². The van der Waals surface area contributed by atoms with Gasteiger partial charge in [0.25, 0.3) is 0 Å². The van der Waals surface area contributed by atoms with E-state index in [4.69, 9.17) is 11.6 Å². The van der Waals surface area contributed by atoms with Gasteiger partial charge in [0.05, 0.1) is 0 Å². The minimum absolute atomic E-state index is 0.108. The fourth-order valence-corrected chi connectivity index (χ4v) is 1.98. The highest BCUT2D eigenvalue weighted by atomic mass is 35.5. The quantitative estimate of drug-likeness (QED) is 0.889. The number of hydrogen-bond donors (Lipinski definition) is 1. The molecule has 1 rings (SSSR count). The van der Waals surface area contributed by atoms with E-state index in [2.05, 4.69) is 5.32 Å². The van der Waals surface area contributed by atoms with E-state index in [-0.39, 0.29) is 11.9 Å². The number of halogens is 1. The zero-order valence-electron chi connectivity index (χ0n) is 11.5. The molecular formula is C14H21ClN2O. The summed E-state index contributed by atoms with van der Waals surface area (Å²) in [5.41, 5.74) is 1.91. The summed E-state index contributed by atoms with van der Waals surface area (Å²) >= 11 is 6.06. The molecule has 100 valence electrons. The molecule has 0 aromatic heterocycles. The molecule has 0 aliphatic heterocycles. The zero-order valence-corrected chi connectivity index (χ0v) is 12.2. The molecule has 0 aliphatic carbocycles. The third kappa shape index (κ3) is 3.64. The van der Waals surface area contributed by atoms with E-state index in [1.54, 1.807) is 0 Å². The van der Waals surface area contributed by atoms with Gasteiger partial charge in [0.15, 0.2) is 0 Å². The number of carbonyl (C=O) groups is 1. The standard InChI is InChI=1S/C14H21ClN2O/c1-5-17(6-2)14(18)11(4)16-12-8-7-10(3)13(15)9-12/h7-9,11,16H,5-6H2,1-4H3. The number of nitrogens with one attached hydrogen (secondary N) is 1. The Morgan fingerprint density at radius 3 is 2.50 bits per heavy atom. The molecule has 4 heteroatoms. The van der Waals surface area contributed by atoms with Crippen LogP contribution in [-0.2, 0) is 4.79 Å². The lowest BCUT2D eigenvalue weighted by atomic mass is 10.2. The Kier molecular flexibility index (Phi) is 5.48. The van der Waals surface area contributed by atoms with Gasteiger partial charge in [0.1, 0.15) is 6.04 Å². The van der Waals surface area contributed by atoms with Crippen molar-refractivity contribution >= 4 is 23.2 Å². The largest absolute Gasteiger partial charge is 0.374 e. The van der Waals surface area contributed by atoms with Crippen LogP contribution in [0.1, 0.15) is 26.3 Å². The number of amides is 1. The van der Waals surface area contributed by atoms with Crippen LogP contribution in [0.2, 0.25) is 5.02 Å². The van der Waals surface area contributed by atoms with Crippen LogP contribution in [0.3, 0.4) is 0 Å². The van der Waals surface area contributed by atoms with E-state index < -0.39 is 0 Å². The van der Waals surface area contributed by atoms with Gasteiger partial charge in [-0.1, -0.05) is 17.7 Å². The van der Waals surface area contributed by atoms with Crippen LogP contribution in [0.5, 0.6) is 0 Å². The summed E-state index contributed by atoms with van der Waals surface area (Å²) < 4.78 is 0. The summed E-state index contributed by atoms with van der Waals surface area (Å²) in [5.74, 6) is 0.108. The summed E-state index contributed by atoms with van der Waals surface area (Å²) in [6.07, 6.45) is 0. The normalized spacial score (nSPS) is 12.1. The van der Waals surface area contributed by atoms with Crippen molar-refractivity contribution in [2.45, 2.75) is 33.7 Å². The zero-order chi connectivity index (χ0) is 13.7. The average Bonchev–Trinajstić information content (AvgIpc) is 2.35. The molecule has 0 spiro atoms. The Morgan fingerprint density at radius 2 is 2.00 bits per heavy atom. The Hall–Kier alpha value is -1.22. The highest BCUT2D eigenvalue weighted by Gasteiger charge is 2.17. The smallest absolute Gasteiger partial charge is 0.244 e. The van der Waals surface area contributed by atoms with E-state index in [0.29, 0.717) is 5.02 Å². The van der Waals surface area contributed by atoms with Crippen molar-refractivity contribution in [2.75, 3.05) is 18.4 Å². The number of carbonyl (C=O) groups excluding carboxylic acids is 1. The Morgan fingerprint density at radius 1 is 1.39 bits per heavy atom. The Labute approximate surface area is 114 Å².